The van der Waals surface area contributed by atoms with Crippen molar-refractivity contribution in [2.75, 3.05) is 26.8 Å². The lowest BCUT2D eigenvalue weighted by molar-refractivity contribution is -0.173. The third-order valence-corrected chi connectivity index (χ3v) is 4.57. The monoisotopic (exact) mass is 462 g/mol. The van der Waals surface area contributed by atoms with Gasteiger partial charge >= 0.3 is 12.1 Å². The van der Waals surface area contributed by atoms with E-state index in [1.807, 2.05) is 0 Å². The normalized spacial score (nSPS) is 13.1. The molecule has 174 valence electrons. The number of carbonyl (C=O) groups is 2. The summed E-state index contributed by atoms with van der Waals surface area (Å²) < 4.78 is 47.9. The fourth-order valence-electron chi connectivity index (χ4n) is 3.02. The number of benzene rings is 1. The van der Waals surface area contributed by atoms with E-state index < -0.39 is 12.1 Å². The van der Waals surface area contributed by atoms with Crippen LogP contribution in [0, 0.1) is 0 Å². The first kappa shape index (κ1) is 23.8. The van der Waals surface area contributed by atoms with Crippen LogP contribution in [-0.4, -0.2) is 55.6 Å². The predicted octanol–water partition coefficient (Wildman–Crippen LogP) is 2.76. The summed E-state index contributed by atoms with van der Waals surface area (Å²) in [6.07, 6.45) is -0.0197. The van der Waals surface area contributed by atoms with Crippen molar-refractivity contribution in [2.24, 2.45) is 4.99 Å². The summed E-state index contributed by atoms with van der Waals surface area (Å²) in [6.45, 7) is 0.150. The number of rotatable bonds is 8. The van der Waals surface area contributed by atoms with E-state index in [1.54, 1.807) is 41.7 Å². The highest BCUT2D eigenvalue weighted by Gasteiger charge is 2.38. The van der Waals surface area contributed by atoms with Gasteiger partial charge in [-0.2, -0.15) is 13.2 Å². The Hall–Kier alpha value is -3.89. The van der Waals surface area contributed by atoms with Gasteiger partial charge in [-0.05, 0) is 42.3 Å². The van der Waals surface area contributed by atoms with E-state index in [1.165, 1.54) is 19.5 Å². The number of aromatic nitrogens is 1. The van der Waals surface area contributed by atoms with E-state index in [-0.39, 0.29) is 32.0 Å². The summed E-state index contributed by atoms with van der Waals surface area (Å²) >= 11 is 0. The number of nitrogens with one attached hydrogen (secondary N) is 2. The number of aliphatic imine (C=N–C) groups is 1. The van der Waals surface area contributed by atoms with Crippen molar-refractivity contribution < 1.29 is 32.2 Å². The average Bonchev–Trinajstić information content (AvgIpc) is 3.26. The second-order valence-corrected chi connectivity index (χ2v) is 6.85. The molecule has 1 aromatic carbocycles. The van der Waals surface area contributed by atoms with E-state index in [0.29, 0.717) is 28.5 Å². The molecule has 0 radical (unpaired) electrons. The van der Waals surface area contributed by atoms with Crippen molar-refractivity contribution in [3.63, 3.8) is 0 Å². The van der Waals surface area contributed by atoms with Gasteiger partial charge in [-0.3, -0.25) is 19.6 Å². The number of pyridine rings is 1. The Labute approximate surface area is 187 Å². The number of alkyl halides is 3. The second kappa shape index (κ2) is 10.6. The topological polar surface area (TPSA) is 102 Å². The first-order valence-electron chi connectivity index (χ1n) is 9.91. The summed E-state index contributed by atoms with van der Waals surface area (Å²) in [5, 5.41) is 4.52. The van der Waals surface area contributed by atoms with Crippen LogP contribution in [0.1, 0.15) is 22.3 Å². The molecule has 8 nitrogen and oxygen atoms in total. The average molecular weight is 462 g/mol. The minimum Gasteiger partial charge on any atom is -0.496 e. The molecule has 2 heterocycles. The van der Waals surface area contributed by atoms with Gasteiger partial charge in [0.2, 0.25) is 0 Å². The Morgan fingerprint density at radius 2 is 1.85 bits per heavy atom. The molecular formula is C22H21F3N4O4. The van der Waals surface area contributed by atoms with Gasteiger partial charge in [0.25, 0.3) is 5.91 Å². The highest BCUT2D eigenvalue weighted by Crippen LogP contribution is 2.36. The first-order chi connectivity index (χ1) is 15.8. The molecule has 3 rings (SSSR count). The molecule has 1 aromatic heterocycles. The molecular weight excluding hydrogens is 441 g/mol. The second-order valence-electron chi connectivity index (χ2n) is 6.85. The molecule has 2 amide bonds. The third kappa shape index (κ3) is 6.31. The van der Waals surface area contributed by atoms with Crippen molar-refractivity contribution in [2.45, 2.75) is 12.6 Å². The van der Waals surface area contributed by atoms with Gasteiger partial charge < -0.3 is 20.1 Å². The number of amidine groups is 1. The quantitative estimate of drug-likeness (QED) is 0.588. The van der Waals surface area contributed by atoms with Gasteiger partial charge in [-0.1, -0.05) is 6.07 Å². The zero-order chi connectivity index (χ0) is 23.8. The number of carbonyl (C=O) groups excluding carboxylic acids is 2. The number of hydrogen-bond acceptors (Lipinski definition) is 6. The maximum absolute atomic E-state index is 12.3. The molecule has 0 unspecified atom stereocenters. The Bertz CT molecular complexity index is 1070. The fourth-order valence-corrected chi connectivity index (χ4v) is 3.02. The van der Waals surface area contributed by atoms with Crippen molar-refractivity contribution in [3.05, 3.63) is 59.9 Å². The lowest BCUT2D eigenvalue weighted by Crippen LogP contribution is -2.37. The molecule has 2 aromatic rings. The number of nitrogens with zero attached hydrogens (tertiary/aromatic N) is 2. The van der Waals surface area contributed by atoms with Crippen LogP contribution in [0.25, 0.3) is 5.57 Å². The Morgan fingerprint density at radius 3 is 2.55 bits per heavy atom. The summed E-state index contributed by atoms with van der Waals surface area (Å²) in [6, 6.07) is 8.31. The SMILES string of the molecule is COc1cccc(OCCCNC(=O)C(F)(F)F)c1C1=CC(NC(=O)c2ccncc2)=NC1. The molecule has 1 aliphatic heterocycles. The lowest BCUT2D eigenvalue weighted by atomic mass is 10.0. The summed E-state index contributed by atoms with van der Waals surface area (Å²) in [5.41, 5.74) is 1.79. The Balaban J connectivity index is 1.65. The van der Waals surface area contributed by atoms with Crippen LogP contribution in [0.15, 0.2) is 53.8 Å². The fraction of sp³-hybridized carbons (Fsp3) is 0.273. The van der Waals surface area contributed by atoms with Crippen LogP contribution >= 0.6 is 0 Å². The van der Waals surface area contributed by atoms with Gasteiger partial charge in [0.05, 0.1) is 25.8 Å². The van der Waals surface area contributed by atoms with Gasteiger partial charge in [-0.15, -0.1) is 0 Å². The molecule has 0 fully saturated rings. The number of amides is 2. The van der Waals surface area contributed by atoms with Gasteiger partial charge in [0, 0.05) is 24.5 Å². The van der Waals surface area contributed by atoms with Gasteiger partial charge in [0.15, 0.2) is 0 Å². The highest BCUT2D eigenvalue weighted by atomic mass is 19.4. The zero-order valence-electron chi connectivity index (χ0n) is 17.6. The minimum atomic E-state index is -4.92. The number of hydrogen-bond donors (Lipinski definition) is 2. The van der Waals surface area contributed by atoms with E-state index in [0.717, 1.165) is 5.57 Å². The summed E-state index contributed by atoms with van der Waals surface area (Å²) in [4.78, 5) is 31.4. The molecule has 0 saturated heterocycles. The molecule has 33 heavy (non-hydrogen) atoms. The van der Waals surface area contributed by atoms with Crippen LogP contribution in [-0.2, 0) is 4.79 Å². The van der Waals surface area contributed by atoms with Gasteiger partial charge in [0.1, 0.15) is 17.3 Å². The number of halogens is 3. The van der Waals surface area contributed by atoms with Crippen molar-refractivity contribution in [1.82, 2.24) is 15.6 Å². The van der Waals surface area contributed by atoms with E-state index in [4.69, 9.17) is 9.47 Å². The van der Waals surface area contributed by atoms with Crippen molar-refractivity contribution in [1.29, 1.82) is 0 Å². The van der Waals surface area contributed by atoms with Gasteiger partial charge in [-0.25, -0.2) is 0 Å². The summed E-state index contributed by atoms with van der Waals surface area (Å²) in [7, 11) is 1.50. The van der Waals surface area contributed by atoms with E-state index in [2.05, 4.69) is 15.3 Å². The Morgan fingerprint density at radius 1 is 1.12 bits per heavy atom. The van der Waals surface area contributed by atoms with Crippen molar-refractivity contribution in [3.8, 4) is 11.5 Å². The van der Waals surface area contributed by atoms with Crippen LogP contribution in [0.5, 0.6) is 11.5 Å². The number of methoxy groups -OCH3 is 1. The van der Waals surface area contributed by atoms with Crippen LogP contribution in [0.4, 0.5) is 13.2 Å². The molecule has 0 bridgehead atoms. The predicted molar refractivity (Wildman–Crippen MR) is 114 cm³/mol. The third-order valence-electron chi connectivity index (χ3n) is 4.57. The smallest absolute Gasteiger partial charge is 0.471 e. The van der Waals surface area contributed by atoms with E-state index >= 15 is 0 Å². The minimum absolute atomic E-state index is 0.0675. The Kier molecular flexibility index (Phi) is 7.65. The van der Waals surface area contributed by atoms with Crippen LogP contribution < -0.4 is 20.1 Å². The molecule has 0 spiro atoms. The number of ether oxygens (including phenoxy) is 2. The molecule has 0 saturated carbocycles. The molecule has 1 aliphatic rings. The largest absolute Gasteiger partial charge is 0.496 e. The summed E-state index contributed by atoms with van der Waals surface area (Å²) in [5.74, 6) is -0.982. The molecule has 0 aliphatic carbocycles. The molecule has 0 atom stereocenters. The maximum atomic E-state index is 12.3. The maximum Gasteiger partial charge on any atom is 0.471 e. The van der Waals surface area contributed by atoms with E-state index in [9.17, 15) is 22.8 Å². The van der Waals surface area contributed by atoms with Crippen LogP contribution in [0.3, 0.4) is 0 Å². The van der Waals surface area contributed by atoms with Crippen molar-refractivity contribution >= 4 is 23.2 Å². The van der Waals surface area contributed by atoms with Crippen LogP contribution in [0.2, 0.25) is 0 Å². The first-order valence-corrected chi connectivity index (χ1v) is 9.91. The lowest BCUT2D eigenvalue weighted by Gasteiger charge is -2.15. The molecule has 2 N–H and O–H groups in total. The standard InChI is InChI=1S/C22H21F3N4O4/c1-32-16-4-2-5-17(33-11-3-8-27-21(31)22(23,24)25)19(16)15-12-18(28-13-15)29-20(30)14-6-9-26-10-7-14/h2,4-7,9-10,12H,3,8,11,13H2,1H3,(H,27,31)(H,28,29,30). The highest BCUT2D eigenvalue weighted by molar-refractivity contribution is 6.14. The molecule has 11 heteroatoms. The zero-order valence-corrected chi connectivity index (χ0v) is 17.6.